The minimum atomic E-state index is -4.49. The van der Waals surface area contributed by atoms with Gasteiger partial charge in [0.1, 0.15) is 10.1 Å². The fourth-order valence-electron chi connectivity index (χ4n) is 1.22. The van der Waals surface area contributed by atoms with Gasteiger partial charge in [0.15, 0.2) is 9.60 Å². The maximum Gasteiger partial charge on any atom is 0.324 e. The normalized spacial score (nSPS) is 11.1. The lowest BCUT2D eigenvalue weighted by atomic mass is 10.3. The molecule has 0 bridgehead atoms. The van der Waals surface area contributed by atoms with Gasteiger partial charge in [-0.25, -0.2) is 13.2 Å². The number of rotatable bonds is 3. The van der Waals surface area contributed by atoms with Crippen molar-refractivity contribution in [2.24, 2.45) is 0 Å². The molecule has 0 aliphatic rings. The highest BCUT2D eigenvalue weighted by atomic mass is 79.9. The Bertz CT molecular complexity index is 729. The Hall–Kier alpha value is -1.56. The first kappa shape index (κ1) is 14.8. The van der Waals surface area contributed by atoms with Gasteiger partial charge < -0.3 is 9.87 Å². The second-order valence-corrected chi connectivity index (χ2v) is 6.34. The third-order valence-corrected chi connectivity index (χ3v) is 4.38. The van der Waals surface area contributed by atoms with E-state index in [-0.39, 0.29) is 4.90 Å². The number of hydrogen-bond donors (Lipinski definition) is 2. The first-order valence-electron chi connectivity index (χ1n) is 4.98. The molecule has 106 valence electrons. The topological polar surface area (TPSA) is 124 Å². The largest absolute Gasteiger partial charge is 0.744 e. The summed E-state index contributed by atoms with van der Waals surface area (Å²) in [5.74, 6) is 0. The zero-order chi connectivity index (χ0) is 14.8. The molecule has 0 spiro atoms. The van der Waals surface area contributed by atoms with Gasteiger partial charge in [0.05, 0.1) is 4.90 Å². The van der Waals surface area contributed by atoms with Crippen LogP contribution in [0.25, 0.3) is 0 Å². The van der Waals surface area contributed by atoms with E-state index < -0.39 is 16.1 Å². The van der Waals surface area contributed by atoms with Crippen molar-refractivity contribution in [2.45, 2.75) is 4.90 Å². The molecule has 0 atom stereocenters. The molecule has 11 heteroatoms. The Morgan fingerprint density at radius 1 is 1.25 bits per heavy atom. The summed E-state index contributed by atoms with van der Waals surface area (Å²) < 4.78 is 36.3. The number of nitrogens with zero attached hydrogens (tertiary/aromatic N) is 2. The zero-order valence-electron chi connectivity index (χ0n) is 9.53. The molecule has 2 N–H and O–H groups in total. The molecule has 0 saturated carbocycles. The lowest BCUT2D eigenvalue weighted by Crippen LogP contribution is -2.19. The Kier molecular flexibility index (Phi) is 4.32. The number of aromatic nitrogens is 2. The van der Waals surface area contributed by atoms with Crippen LogP contribution in [0.5, 0.6) is 0 Å². The third kappa shape index (κ3) is 3.72. The molecule has 0 unspecified atom stereocenters. The van der Waals surface area contributed by atoms with E-state index in [1.165, 1.54) is 12.1 Å². The maximum absolute atomic E-state index is 11.6. The molecule has 0 aliphatic carbocycles. The van der Waals surface area contributed by atoms with Crippen molar-refractivity contribution < 1.29 is 17.8 Å². The van der Waals surface area contributed by atoms with Crippen LogP contribution >= 0.6 is 27.5 Å². The van der Waals surface area contributed by atoms with Crippen LogP contribution in [0.3, 0.4) is 0 Å². The highest BCUT2D eigenvalue weighted by molar-refractivity contribution is 9.10. The fraction of sp³-hybridized carbons (Fsp3) is 0. The number of amides is 2. The summed E-state index contributed by atoms with van der Waals surface area (Å²) in [4.78, 5) is 11.3. The summed E-state index contributed by atoms with van der Waals surface area (Å²) >= 11 is 4.10. The summed E-state index contributed by atoms with van der Waals surface area (Å²) in [6, 6.07) is 4.30. The van der Waals surface area contributed by atoms with Crippen LogP contribution in [0.4, 0.5) is 15.5 Å². The number of nitrogens with one attached hydrogen (secondary N) is 2. The number of halogens is 1. The lowest BCUT2D eigenvalue weighted by Gasteiger charge is -2.09. The van der Waals surface area contributed by atoms with Crippen molar-refractivity contribution in [3.63, 3.8) is 0 Å². The van der Waals surface area contributed by atoms with Gasteiger partial charge in [-0.2, -0.15) is 0 Å². The van der Waals surface area contributed by atoms with Gasteiger partial charge in [-0.3, -0.25) is 5.32 Å². The second kappa shape index (κ2) is 5.83. The molecule has 1 aromatic heterocycles. The van der Waals surface area contributed by atoms with Gasteiger partial charge in [-0.1, -0.05) is 4.49 Å². The smallest absolute Gasteiger partial charge is 0.324 e. The number of benzene rings is 1. The standard InChI is InChI=1S/C9H7BrN4O4S2/c10-7-8(19-14-13-7)12-9(15)11-5-1-3-6(4-2-5)20(16,17)18/h1-4H,(H2,11,12,15)(H,16,17,18)/p-1. The fourth-order valence-corrected chi connectivity index (χ4v) is 2.65. The molecular weight excluding hydrogens is 372 g/mol. The number of carbonyl (C=O) groups excluding carboxylic acids is 1. The van der Waals surface area contributed by atoms with E-state index in [1.54, 1.807) is 0 Å². The van der Waals surface area contributed by atoms with E-state index in [1.807, 2.05) is 0 Å². The molecule has 1 heterocycles. The zero-order valence-corrected chi connectivity index (χ0v) is 12.8. The third-order valence-electron chi connectivity index (χ3n) is 2.08. The molecule has 8 nitrogen and oxygen atoms in total. The Morgan fingerprint density at radius 2 is 1.90 bits per heavy atom. The summed E-state index contributed by atoms with van der Waals surface area (Å²) in [5.41, 5.74) is 0.337. The molecule has 1 aromatic carbocycles. The van der Waals surface area contributed by atoms with E-state index >= 15 is 0 Å². The van der Waals surface area contributed by atoms with Crippen molar-refractivity contribution in [3.05, 3.63) is 28.9 Å². The van der Waals surface area contributed by atoms with Crippen LogP contribution in [0.15, 0.2) is 33.8 Å². The van der Waals surface area contributed by atoms with Crippen molar-refractivity contribution in [1.29, 1.82) is 0 Å². The molecule has 2 amide bonds. The van der Waals surface area contributed by atoms with Crippen molar-refractivity contribution in [1.82, 2.24) is 9.59 Å². The van der Waals surface area contributed by atoms with Gasteiger partial charge in [0.25, 0.3) is 0 Å². The van der Waals surface area contributed by atoms with Gasteiger partial charge in [0.2, 0.25) is 0 Å². The van der Waals surface area contributed by atoms with E-state index in [2.05, 4.69) is 36.2 Å². The summed E-state index contributed by atoms with van der Waals surface area (Å²) in [5, 5.41) is 9.06. The number of anilines is 2. The van der Waals surface area contributed by atoms with Crippen LogP contribution in [0.1, 0.15) is 0 Å². The summed E-state index contributed by atoms with van der Waals surface area (Å²) in [6.45, 7) is 0. The van der Waals surface area contributed by atoms with Crippen molar-refractivity contribution >= 4 is 54.3 Å². The molecule has 0 aliphatic heterocycles. The van der Waals surface area contributed by atoms with Crippen LogP contribution in [-0.2, 0) is 10.1 Å². The van der Waals surface area contributed by atoms with E-state index in [0.717, 1.165) is 23.7 Å². The molecule has 0 fully saturated rings. The van der Waals surface area contributed by atoms with E-state index in [9.17, 15) is 17.8 Å². The van der Waals surface area contributed by atoms with Crippen LogP contribution in [0, 0.1) is 0 Å². The molecule has 0 saturated heterocycles. The Labute approximate surface area is 126 Å². The quantitative estimate of drug-likeness (QED) is 0.786. The first-order chi connectivity index (χ1) is 9.36. The average molecular weight is 378 g/mol. The van der Waals surface area contributed by atoms with Gasteiger partial charge >= 0.3 is 6.03 Å². The number of carbonyl (C=O) groups is 1. The highest BCUT2D eigenvalue weighted by Gasteiger charge is 2.09. The molecule has 0 radical (unpaired) electrons. The molecule has 2 rings (SSSR count). The maximum atomic E-state index is 11.6. The lowest BCUT2D eigenvalue weighted by molar-refractivity contribution is 0.262. The van der Waals surface area contributed by atoms with E-state index in [4.69, 9.17) is 0 Å². The SMILES string of the molecule is O=C(Nc1ccc(S(=O)(=O)[O-])cc1)Nc1snnc1Br. The van der Waals surface area contributed by atoms with Crippen molar-refractivity contribution in [2.75, 3.05) is 10.6 Å². The highest BCUT2D eigenvalue weighted by Crippen LogP contribution is 2.23. The van der Waals surface area contributed by atoms with Crippen LogP contribution in [0.2, 0.25) is 0 Å². The molecular formula is C9H6BrN4O4S2-. The molecule has 2 aromatic rings. The Balaban J connectivity index is 2.03. The predicted octanol–water partition coefficient (Wildman–Crippen LogP) is 1.85. The van der Waals surface area contributed by atoms with Gasteiger partial charge in [0, 0.05) is 17.2 Å². The molecule has 20 heavy (non-hydrogen) atoms. The van der Waals surface area contributed by atoms with Gasteiger partial charge in [-0.15, -0.1) is 5.10 Å². The minimum Gasteiger partial charge on any atom is -0.744 e. The minimum absolute atomic E-state index is 0.337. The summed E-state index contributed by atoms with van der Waals surface area (Å²) in [6.07, 6.45) is 0. The average Bonchev–Trinajstić information content (AvgIpc) is 2.74. The number of urea groups is 1. The van der Waals surface area contributed by atoms with Crippen molar-refractivity contribution in [3.8, 4) is 0 Å². The van der Waals surface area contributed by atoms with E-state index in [0.29, 0.717) is 15.3 Å². The Morgan fingerprint density at radius 3 is 2.40 bits per heavy atom. The van der Waals surface area contributed by atoms with Crippen LogP contribution in [-0.4, -0.2) is 28.6 Å². The van der Waals surface area contributed by atoms with Crippen LogP contribution < -0.4 is 10.6 Å². The van der Waals surface area contributed by atoms with Gasteiger partial charge in [-0.05, 0) is 40.2 Å². The first-order valence-corrected chi connectivity index (χ1v) is 7.95. The summed E-state index contributed by atoms with van der Waals surface area (Å²) in [7, 11) is -4.49. The predicted molar refractivity (Wildman–Crippen MR) is 74.7 cm³/mol. The second-order valence-electron chi connectivity index (χ2n) is 3.45. The monoisotopic (exact) mass is 377 g/mol. The number of hydrogen-bond acceptors (Lipinski definition) is 7.